The fourth-order valence-corrected chi connectivity index (χ4v) is 2.80. The molecule has 28 heavy (non-hydrogen) atoms. The predicted octanol–water partition coefficient (Wildman–Crippen LogP) is 1.41. The molecule has 10 nitrogen and oxygen atoms in total. The average Bonchev–Trinajstić information content (AvgIpc) is 3.15. The van der Waals surface area contributed by atoms with E-state index in [1.54, 1.807) is 31.2 Å². The van der Waals surface area contributed by atoms with Crippen molar-refractivity contribution in [2.45, 2.75) is 20.0 Å². The Morgan fingerprint density at radius 1 is 1.36 bits per heavy atom. The lowest BCUT2D eigenvalue weighted by atomic mass is 10.2. The van der Waals surface area contributed by atoms with E-state index in [-0.39, 0.29) is 18.9 Å². The minimum absolute atomic E-state index is 0.145. The first-order valence-corrected chi connectivity index (χ1v) is 8.38. The van der Waals surface area contributed by atoms with Gasteiger partial charge in [0.25, 0.3) is 11.2 Å². The number of carbonyl (C=O) groups is 1. The van der Waals surface area contributed by atoms with Crippen LogP contribution >= 0.6 is 0 Å². The maximum absolute atomic E-state index is 12.7. The summed E-state index contributed by atoms with van der Waals surface area (Å²) in [5.41, 5.74) is -0.757. The van der Waals surface area contributed by atoms with Crippen molar-refractivity contribution in [3.05, 3.63) is 62.1 Å². The highest BCUT2D eigenvalue weighted by Gasteiger charge is 2.20. The van der Waals surface area contributed by atoms with Crippen molar-refractivity contribution in [2.24, 2.45) is 0 Å². The largest absolute Gasteiger partial charge is 0.454 e. The monoisotopic (exact) mass is 384 g/mol. The third-order valence-electron chi connectivity index (χ3n) is 4.25. The Bertz CT molecular complexity index is 1040. The molecule has 1 aliphatic heterocycles. The zero-order valence-electron chi connectivity index (χ0n) is 15.0. The predicted molar refractivity (Wildman–Crippen MR) is 95.7 cm³/mol. The zero-order chi connectivity index (χ0) is 20.3. The number of aromatic nitrogens is 1. The van der Waals surface area contributed by atoms with Crippen LogP contribution in [0.3, 0.4) is 0 Å². The molecule has 0 bridgehead atoms. The summed E-state index contributed by atoms with van der Waals surface area (Å²) in [5, 5.41) is 20.0. The summed E-state index contributed by atoms with van der Waals surface area (Å²) < 4.78 is 11.5. The molecule has 1 aliphatic rings. The van der Waals surface area contributed by atoms with Gasteiger partial charge in [0.05, 0.1) is 11.1 Å². The first-order valence-electron chi connectivity index (χ1n) is 8.38. The number of nitriles is 1. The van der Waals surface area contributed by atoms with Crippen LogP contribution in [0.15, 0.2) is 35.3 Å². The standard InChI is InChI=1S/C18H16N4O6/c1-2-20(8-12-3-4-15-16(5-12)28-11-27-15)17(23)10-21-9-14(22(25)26)6-13(7-19)18(21)24/h3-6,9H,2,8,10-11H2,1H3. The summed E-state index contributed by atoms with van der Waals surface area (Å²) in [4.78, 5) is 36.7. The van der Waals surface area contributed by atoms with Crippen molar-refractivity contribution in [1.29, 1.82) is 5.26 Å². The number of amides is 1. The highest BCUT2D eigenvalue weighted by molar-refractivity contribution is 5.76. The molecule has 0 saturated carbocycles. The third-order valence-corrected chi connectivity index (χ3v) is 4.25. The number of likely N-dealkylation sites (N-methyl/N-ethyl adjacent to an activating group) is 1. The van der Waals surface area contributed by atoms with Crippen molar-refractivity contribution < 1.29 is 19.2 Å². The van der Waals surface area contributed by atoms with Crippen LogP contribution in [0.2, 0.25) is 0 Å². The van der Waals surface area contributed by atoms with Gasteiger partial charge in [-0.1, -0.05) is 6.07 Å². The molecule has 0 saturated heterocycles. The molecule has 1 amide bonds. The van der Waals surface area contributed by atoms with Crippen LogP contribution in [0.1, 0.15) is 18.1 Å². The van der Waals surface area contributed by atoms with Gasteiger partial charge >= 0.3 is 0 Å². The van der Waals surface area contributed by atoms with E-state index in [0.29, 0.717) is 18.0 Å². The van der Waals surface area contributed by atoms with Crippen LogP contribution in [0.25, 0.3) is 0 Å². The van der Waals surface area contributed by atoms with Gasteiger partial charge in [-0.2, -0.15) is 5.26 Å². The molecule has 1 aromatic carbocycles. The Morgan fingerprint density at radius 2 is 2.11 bits per heavy atom. The van der Waals surface area contributed by atoms with E-state index in [2.05, 4.69) is 0 Å². The summed E-state index contributed by atoms with van der Waals surface area (Å²) in [6, 6.07) is 7.84. The maximum atomic E-state index is 12.7. The number of rotatable bonds is 6. The van der Waals surface area contributed by atoms with Gasteiger partial charge in [-0.25, -0.2) is 0 Å². The van der Waals surface area contributed by atoms with E-state index < -0.39 is 28.6 Å². The minimum Gasteiger partial charge on any atom is -0.454 e. The molecule has 10 heteroatoms. The molecule has 2 aromatic rings. The molecular formula is C18H16N4O6. The molecule has 0 fully saturated rings. The molecule has 0 N–H and O–H groups in total. The van der Waals surface area contributed by atoms with Gasteiger partial charge in [0, 0.05) is 19.2 Å². The van der Waals surface area contributed by atoms with Gasteiger partial charge in [-0.15, -0.1) is 0 Å². The second-order valence-corrected chi connectivity index (χ2v) is 6.01. The first-order chi connectivity index (χ1) is 13.4. The third kappa shape index (κ3) is 3.78. The minimum atomic E-state index is -0.749. The summed E-state index contributed by atoms with van der Waals surface area (Å²) in [6.45, 7) is 2.14. The Balaban J connectivity index is 1.81. The van der Waals surface area contributed by atoms with Gasteiger partial charge in [0.1, 0.15) is 18.2 Å². The van der Waals surface area contributed by atoms with Crippen LogP contribution in [-0.4, -0.2) is 33.6 Å². The Morgan fingerprint density at radius 3 is 2.79 bits per heavy atom. The van der Waals surface area contributed by atoms with Crippen molar-refractivity contribution >= 4 is 11.6 Å². The summed E-state index contributed by atoms with van der Waals surface area (Å²) in [5.74, 6) is 0.812. The van der Waals surface area contributed by atoms with E-state index >= 15 is 0 Å². The second-order valence-electron chi connectivity index (χ2n) is 6.01. The number of fused-ring (bicyclic) bond motifs is 1. The molecule has 0 spiro atoms. The van der Waals surface area contributed by atoms with Gasteiger partial charge < -0.3 is 14.4 Å². The number of benzene rings is 1. The SMILES string of the molecule is CCN(Cc1ccc2c(c1)OCO2)C(=O)Cn1cc([N+](=O)[O-])cc(C#N)c1=O. The van der Waals surface area contributed by atoms with Gasteiger partial charge in [-0.05, 0) is 24.6 Å². The van der Waals surface area contributed by atoms with Crippen molar-refractivity contribution in [3.63, 3.8) is 0 Å². The molecular weight excluding hydrogens is 368 g/mol. The van der Waals surface area contributed by atoms with Crippen LogP contribution in [0, 0.1) is 21.4 Å². The molecule has 0 aliphatic carbocycles. The molecule has 144 valence electrons. The van der Waals surface area contributed by atoms with E-state index in [1.165, 1.54) is 4.90 Å². The molecule has 0 unspecified atom stereocenters. The van der Waals surface area contributed by atoms with E-state index in [0.717, 1.165) is 22.4 Å². The second kappa shape index (κ2) is 7.79. The quantitative estimate of drug-likeness (QED) is 0.544. The van der Waals surface area contributed by atoms with E-state index in [1.807, 2.05) is 0 Å². The lowest BCUT2D eigenvalue weighted by Crippen LogP contribution is -2.36. The molecule has 2 heterocycles. The van der Waals surface area contributed by atoms with Crippen molar-refractivity contribution in [3.8, 4) is 17.6 Å². The number of nitrogens with zero attached hydrogens (tertiary/aromatic N) is 4. The fraction of sp³-hybridized carbons (Fsp3) is 0.278. The van der Waals surface area contributed by atoms with Gasteiger partial charge in [-0.3, -0.25) is 24.3 Å². The Labute approximate surface area is 159 Å². The lowest BCUT2D eigenvalue weighted by Gasteiger charge is -2.21. The topological polar surface area (TPSA) is 128 Å². The van der Waals surface area contributed by atoms with Crippen molar-refractivity contribution in [2.75, 3.05) is 13.3 Å². The number of carbonyl (C=O) groups excluding carboxylic acids is 1. The van der Waals surface area contributed by atoms with Crippen LogP contribution in [0.5, 0.6) is 11.5 Å². The number of pyridine rings is 1. The van der Waals surface area contributed by atoms with Crippen LogP contribution in [-0.2, 0) is 17.9 Å². The summed E-state index contributed by atoms with van der Waals surface area (Å²) >= 11 is 0. The highest BCUT2D eigenvalue weighted by atomic mass is 16.7. The van der Waals surface area contributed by atoms with Crippen molar-refractivity contribution in [1.82, 2.24) is 9.47 Å². The number of ether oxygens (including phenoxy) is 2. The number of hydrogen-bond acceptors (Lipinski definition) is 7. The van der Waals surface area contributed by atoms with Crippen LogP contribution < -0.4 is 15.0 Å². The normalized spacial score (nSPS) is 11.7. The first kappa shape index (κ1) is 18.9. The molecule has 0 atom stereocenters. The molecule has 3 rings (SSSR count). The molecule has 0 radical (unpaired) electrons. The smallest absolute Gasteiger partial charge is 0.287 e. The van der Waals surface area contributed by atoms with E-state index in [9.17, 15) is 19.7 Å². The zero-order valence-corrected chi connectivity index (χ0v) is 15.0. The summed E-state index contributed by atoms with van der Waals surface area (Å²) in [7, 11) is 0. The number of hydrogen-bond donors (Lipinski definition) is 0. The van der Waals surface area contributed by atoms with E-state index in [4.69, 9.17) is 14.7 Å². The Kier molecular flexibility index (Phi) is 5.26. The van der Waals surface area contributed by atoms with Gasteiger partial charge in [0.2, 0.25) is 12.7 Å². The van der Waals surface area contributed by atoms with Crippen LogP contribution in [0.4, 0.5) is 5.69 Å². The summed E-state index contributed by atoms with van der Waals surface area (Å²) in [6.07, 6.45) is 0.968. The average molecular weight is 384 g/mol. The fourth-order valence-electron chi connectivity index (χ4n) is 2.80. The highest BCUT2D eigenvalue weighted by Crippen LogP contribution is 2.32. The Hall–Kier alpha value is -3.87. The van der Waals surface area contributed by atoms with Gasteiger partial charge in [0.15, 0.2) is 11.5 Å². The lowest BCUT2D eigenvalue weighted by molar-refractivity contribution is -0.385. The maximum Gasteiger partial charge on any atom is 0.287 e. The number of nitro groups is 1. The molecule has 1 aromatic heterocycles.